The molecule has 1 unspecified atom stereocenters. The minimum Gasteiger partial charge on any atom is -0.378 e. The Hall–Kier alpha value is -1.84. The van der Waals surface area contributed by atoms with Crippen molar-refractivity contribution < 1.29 is 9.63 Å². The van der Waals surface area contributed by atoms with Crippen molar-refractivity contribution in [3.05, 3.63) is 35.4 Å². The number of carbonyl (C=O) groups is 1. The first-order valence-electron chi connectivity index (χ1n) is 6.55. The molecule has 2 aliphatic heterocycles. The Balaban J connectivity index is 1.83. The Morgan fingerprint density at radius 2 is 1.95 bits per heavy atom. The van der Waals surface area contributed by atoms with Crippen LogP contribution < -0.4 is 5.32 Å². The van der Waals surface area contributed by atoms with Crippen molar-refractivity contribution in [3.8, 4) is 0 Å². The first-order valence-corrected chi connectivity index (χ1v) is 6.55. The minimum absolute atomic E-state index is 0.0524. The molecule has 0 radical (unpaired) electrons. The molecule has 19 heavy (non-hydrogen) atoms. The zero-order valence-corrected chi connectivity index (χ0v) is 11.5. The molecule has 0 saturated carbocycles. The van der Waals surface area contributed by atoms with Crippen LogP contribution in [0.15, 0.2) is 29.4 Å². The Bertz CT molecular complexity index is 560. The highest BCUT2D eigenvalue weighted by molar-refractivity contribution is 6.06. The fraction of sp³-hybridized carbons (Fsp3) is 0.467. The Kier molecular flexibility index (Phi) is 2.46. The number of hydrogen-bond acceptors (Lipinski definition) is 3. The number of nitrogens with one attached hydrogen (secondary N) is 1. The highest BCUT2D eigenvalue weighted by Gasteiger charge is 2.56. The Labute approximate surface area is 112 Å². The summed E-state index contributed by atoms with van der Waals surface area (Å²) in [7, 11) is 0. The second kappa shape index (κ2) is 3.83. The summed E-state index contributed by atoms with van der Waals surface area (Å²) >= 11 is 0. The molecule has 0 aromatic heterocycles. The average Bonchev–Trinajstić information content (AvgIpc) is 2.83. The highest BCUT2D eigenvalue weighted by Crippen LogP contribution is 2.39. The van der Waals surface area contributed by atoms with Gasteiger partial charge in [-0.3, -0.25) is 4.79 Å². The summed E-state index contributed by atoms with van der Waals surface area (Å²) in [5, 5.41) is 7.11. The molecule has 0 bridgehead atoms. The standard InChI is InChI=1S/C15H18N2O2/c1-10-4-6-11(7-5-10)12-8-15(19-17-12)9-14(2,3)16-13(15)18/h4-7H,8-9H2,1-3H3,(H,16,18). The van der Waals surface area contributed by atoms with Crippen molar-refractivity contribution in [2.24, 2.45) is 5.16 Å². The van der Waals surface area contributed by atoms with Crippen molar-refractivity contribution in [3.63, 3.8) is 0 Å². The first kappa shape index (κ1) is 12.2. The van der Waals surface area contributed by atoms with Crippen molar-refractivity contribution in [2.75, 3.05) is 0 Å². The van der Waals surface area contributed by atoms with E-state index >= 15 is 0 Å². The molecule has 1 saturated heterocycles. The molecule has 1 amide bonds. The van der Waals surface area contributed by atoms with E-state index < -0.39 is 5.60 Å². The van der Waals surface area contributed by atoms with Gasteiger partial charge in [0.25, 0.3) is 5.91 Å². The molecule has 4 nitrogen and oxygen atoms in total. The van der Waals surface area contributed by atoms with Gasteiger partial charge in [0.1, 0.15) is 0 Å². The quantitative estimate of drug-likeness (QED) is 0.839. The fourth-order valence-corrected chi connectivity index (χ4v) is 2.85. The molecule has 1 spiro atoms. The normalized spacial score (nSPS) is 28.2. The van der Waals surface area contributed by atoms with E-state index in [4.69, 9.17) is 4.84 Å². The molecule has 1 fully saturated rings. The van der Waals surface area contributed by atoms with Gasteiger partial charge in [-0.25, -0.2) is 0 Å². The van der Waals surface area contributed by atoms with Gasteiger partial charge in [-0.15, -0.1) is 0 Å². The smallest absolute Gasteiger partial charge is 0.267 e. The molecule has 2 heterocycles. The average molecular weight is 258 g/mol. The van der Waals surface area contributed by atoms with E-state index in [2.05, 4.69) is 10.5 Å². The minimum atomic E-state index is -0.802. The summed E-state index contributed by atoms with van der Waals surface area (Å²) in [4.78, 5) is 17.7. The van der Waals surface area contributed by atoms with Gasteiger partial charge in [0.05, 0.1) is 5.71 Å². The zero-order valence-electron chi connectivity index (χ0n) is 11.5. The zero-order chi connectivity index (χ0) is 13.7. The van der Waals surface area contributed by atoms with E-state index in [1.54, 1.807) is 0 Å². The number of aryl methyl sites for hydroxylation is 1. The maximum Gasteiger partial charge on any atom is 0.267 e. The molecule has 1 atom stereocenters. The molecule has 100 valence electrons. The number of nitrogens with zero attached hydrogens (tertiary/aromatic N) is 1. The van der Waals surface area contributed by atoms with Crippen LogP contribution in [0.3, 0.4) is 0 Å². The fourth-order valence-electron chi connectivity index (χ4n) is 2.85. The van der Waals surface area contributed by atoms with E-state index in [0.717, 1.165) is 11.3 Å². The van der Waals surface area contributed by atoms with Crippen molar-refractivity contribution in [1.82, 2.24) is 5.32 Å². The third kappa shape index (κ3) is 2.01. The summed E-state index contributed by atoms with van der Waals surface area (Å²) in [5.41, 5.74) is 2.06. The lowest BCUT2D eigenvalue weighted by atomic mass is 9.87. The van der Waals surface area contributed by atoms with Gasteiger partial charge in [-0.1, -0.05) is 35.0 Å². The lowest BCUT2D eigenvalue weighted by Gasteiger charge is -2.19. The second-order valence-corrected chi connectivity index (χ2v) is 6.18. The van der Waals surface area contributed by atoms with Crippen LogP contribution in [0.5, 0.6) is 0 Å². The number of hydrogen-bond donors (Lipinski definition) is 1. The molecule has 1 N–H and O–H groups in total. The van der Waals surface area contributed by atoms with Gasteiger partial charge in [0, 0.05) is 18.4 Å². The van der Waals surface area contributed by atoms with Crippen LogP contribution in [0, 0.1) is 6.92 Å². The van der Waals surface area contributed by atoms with E-state index in [1.807, 2.05) is 45.0 Å². The van der Waals surface area contributed by atoms with Crippen molar-refractivity contribution in [2.45, 2.75) is 44.8 Å². The molecule has 0 aliphatic carbocycles. The van der Waals surface area contributed by atoms with E-state index in [-0.39, 0.29) is 11.4 Å². The Morgan fingerprint density at radius 1 is 1.26 bits per heavy atom. The number of oxime groups is 1. The number of benzene rings is 1. The van der Waals surface area contributed by atoms with Crippen LogP contribution in [0.25, 0.3) is 0 Å². The van der Waals surface area contributed by atoms with Gasteiger partial charge in [-0.05, 0) is 26.3 Å². The number of amides is 1. The van der Waals surface area contributed by atoms with Crippen LogP contribution in [0.1, 0.15) is 37.8 Å². The van der Waals surface area contributed by atoms with Crippen LogP contribution in [-0.4, -0.2) is 22.8 Å². The van der Waals surface area contributed by atoms with Crippen LogP contribution >= 0.6 is 0 Å². The molecular weight excluding hydrogens is 240 g/mol. The second-order valence-electron chi connectivity index (χ2n) is 6.18. The lowest BCUT2D eigenvalue weighted by molar-refractivity contribution is -0.138. The van der Waals surface area contributed by atoms with E-state index in [0.29, 0.717) is 12.8 Å². The van der Waals surface area contributed by atoms with Gasteiger partial charge in [0.2, 0.25) is 5.60 Å². The summed E-state index contributed by atoms with van der Waals surface area (Å²) in [6, 6.07) is 8.13. The van der Waals surface area contributed by atoms with Crippen molar-refractivity contribution in [1.29, 1.82) is 0 Å². The number of rotatable bonds is 1. The molecular formula is C15H18N2O2. The Morgan fingerprint density at radius 3 is 2.53 bits per heavy atom. The predicted octanol–water partition coefficient (Wildman–Crippen LogP) is 2.16. The van der Waals surface area contributed by atoms with Crippen LogP contribution in [0.4, 0.5) is 0 Å². The predicted molar refractivity (Wildman–Crippen MR) is 73.0 cm³/mol. The summed E-state index contributed by atoms with van der Waals surface area (Å²) in [6.07, 6.45) is 1.20. The third-order valence-electron chi connectivity index (χ3n) is 3.76. The van der Waals surface area contributed by atoms with Crippen molar-refractivity contribution >= 4 is 11.6 Å². The molecule has 1 aromatic rings. The number of carbonyl (C=O) groups excluding carboxylic acids is 1. The summed E-state index contributed by atoms with van der Waals surface area (Å²) < 4.78 is 0. The summed E-state index contributed by atoms with van der Waals surface area (Å²) in [5.74, 6) is -0.0524. The summed E-state index contributed by atoms with van der Waals surface area (Å²) in [6.45, 7) is 6.06. The molecule has 4 heteroatoms. The van der Waals surface area contributed by atoms with E-state index in [9.17, 15) is 4.79 Å². The van der Waals surface area contributed by atoms with Gasteiger partial charge < -0.3 is 10.2 Å². The molecule has 1 aromatic carbocycles. The maximum atomic E-state index is 12.1. The molecule has 2 aliphatic rings. The van der Waals surface area contributed by atoms with Gasteiger partial charge in [0.15, 0.2) is 0 Å². The SMILES string of the molecule is Cc1ccc(C2=NOC3(C2)CC(C)(C)NC3=O)cc1. The largest absolute Gasteiger partial charge is 0.378 e. The van der Waals surface area contributed by atoms with Crippen LogP contribution in [-0.2, 0) is 9.63 Å². The topological polar surface area (TPSA) is 50.7 Å². The van der Waals surface area contributed by atoms with Gasteiger partial charge >= 0.3 is 0 Å². The molecule has 3 rings (SSSR count). The highest BCUT2D eigenvalue weighted by atomic mass is 16.7. The first-order chi connectivity index (χ1) is 8.90. The van der Waals surface area contributed by atoms with E-state index in [1.165, 1.54) is 5.56 Å². The van der Waals surface area contributed by atoms with Crippen LogP contribution in [0.2, 0.25) is 0 Å². The monoisotopic (exact) mass is 258 g/mol. The lowest BCUT2D eigenvalue weighted by Crippen LogP contribution is -2.39. The van der Waals surface area contributed by atoms with Gasteiger partial charge in [-0.2, -0.15) is 0 Å². The third-order valence-corrected chi connectivity index (χ3v) is 3.76. The maximum absolute atomic E-state index is 12.1.